The van der Waals surface area contributed by atoms with E-state index in [0.717, 1.165) is 18.7 Å². The Morgan fingerprint density at radius 2 is 1.74 bits per heavy atom. The van der Waals surface area contributed by atoms with Crippen molar-refractivity contribution in [3.8, 4) is 0 Å². The summed E-state index contributed by atoms with van der Waals surface area (Å²) in [5.41, 5.74) is 1.41. The smallest absolute Gasteiger partial charge is 0.220 e. The summed E-state index contributed by atoms with van der Waals surface area (Å²) < 4.78 is 0. The van der Waals surface area contributed by atoms with Gasteiger partial charge in [0.15, 0.2) is 0 Å². The Balaban J connectivity index is 1.28. The molecule has 1 amide bonds. The van der Waals surface area contributed by atoms with Crippen LogP contribution in [0, 0.1) is 5.92 Å². The van der Waals surface area contributed by atoms with Crippen LogP contribution in [0.15, 0.2) is 65.6 Å². The Morgan fingerprint density at radius 3 is 2.48 bits per heavy atom. The van der Waals surface area contributed by atoms with Gasteiger partial charge < -0.3 is 5.32 Å². The van der Waals surface area contributed by atoms with Crippen LogP contribution in [0.2, 0.25) is 0 Å². The van der Waals surface area contributed by atoms with Crippen LogP contribution in [0.4, 0.5) is 0 Å². The Bertz CT molecular complexity index is 614. The SMILES string of the molecule is O=C(CCCSc1ccccc1)NCC1CC1c1ccccc1. The van der Waals surface area contributed by atoms with Crippen molar-refractivity contribution in [2.24, 2.45) is 5.92 Å². The van der Waals surface area contributed by atoms with Crippen LogP contribution in [0.3, 0.4) is 0 Å². The third kappa shape index (κ3) is 5.14. The number of thioether (sulfide) groups is 1. The molecular weight excluding hydrogens is 302 g/mol. The van der Waals surface area contributed by atoms with Crippen molar-refractivity contribution in [1.82, 2.24) is 5.32 Å². The zero-order valence-electron chi connectivity index (χ0n) is 13.3. The van der Waals surface area contributed by atoms with Gasteiger partial charge in [-0.25, -0.2) is 0 Å². The van der Waals surface area contributed by atoms with Crippen molar-refractivity contribution < 1.29 is 4.79 Å². The lowest BCUT2D eigenvalue weighted by Gasteiger charge is -2.05. The normalized spacial score (nSPS) is 19.3. The lowest BCUT2D eigenvalue weighted by molar-refractivity contribution is -0.121. The molecule has 3 heteroatoms. The van der Waals surface area contributed by atoms with Gasteiger partial charge in [-0.2, -0.15) is 0 Å². The molecule has 2 unspecified atom stereocenters. The fraction of sp³-hybridized carbons (Fsp3) is 0.350. The van der Waals surface area contributed by atoms with Crippen LogP contribution in [0.5, 0.6) is 0 Å². The maximum atomic E-state index is 11.9. The summed E-state index contributed by atoms with van der Waals surface area (Å²) in [4.78, 5) is 13.2. The van der Waals surface area contributed by atoms with Gasteiger partial charge in [-0.15, -0.1) is 11.8 Å². The molecule has 1 N–H and O–H groups in total. The van der Waals surface area contributed by atoms with E-state index in [2.05, 4.69) is 47.8 Å². The predicted molar refractivity (Wildman–Crippen MR) is 96.7 cm³/mol. The Labute approximate surface area is 142 Å². The van der Waals surface area contributed by atoms with E-state index in [-0.39, 0.29) is 5.91 Å². The number of benzene rings is 2. The third-order valence-electron chi connectivity index (χ3n) is 4.27. The zero-order chi connectivity index (χ0) is 15.9. The second-order valence-electron chi connectivity index (χ2n) is 6.08. The van der Waals surface area contributed by atoms with Crippen molar-refractivity contribution >= 4 is 17.7 Å². The molecule has 2 nitrogen and oxygen atoms in total. The summed E-state index contributed by atoms with van der Waals surface area (Å²) in [6, 6.07) is 21.0. The summed E-state index contributed by atoms with van der Waals surface area (Å²) in [5, 5.41) is 3.09. The highest BCUT2D eigenvalue weighted by Gasteiger charge is 2.37. The van der Waals surface area contributed by atoms with Crippen molar-refractivity contribution in [1.29, 1.82) is 0 Å². The van der Waals surface area contributed by atoms with Crippen LogP contribution in [-0.4, -0.2) is 18.2 Å². The number of amides is 1. The first-order valence-corrected chi connectivity index (χ1v) is 9.31. The minimum atomic E-state index is 0.192. The van der Waals surface area contributed by atoms with Gasteiger partial charge in [0.1, 0.15) is 0 Å². The molecule has 0 heterocycles. The van der Waals surface area contributed by atoms with E-state index in [9.17, 15) is 4.79 Å². The molecule has 1 aliphatic rings. The molecule has 3 rings (SSSR count). The van der Waals surface area contributed by atoms with Crippen molar-refractivity contribution in [3.63, 3.8) is 0 Å². The number of hydrogen-bond donors (Lipinski definition) is 1. The standard InChI is InChI=1S/C20H23NOS/c22-20(12-7-13-23-18-10-5-2-6-11-18)21-15-17-14-19(17)16-8-3-1-4-9-16/h1-6,8-11,17,19H,7,12-15H2,(H,21,22). The van der Waals surface area contributed by atoms with E-state index in [0.29, 0.717) is 18.3 Å². The summed E-state index contributed by atoms with van der Waals surface area (Å²) in [7, 11) is 0. The molecule has 2 atom stereocenters. The lowest BCUT2D eigenvalue weighted by Crippen LogP contribution is -2.25. The first-order valence-electron chi connectivity index (χ1n) is 8.32. The van der Waals surface area contributed by atoms with Gasteiger partial charge >= 0.3 is 0 Å². The second-order valence-corrected chi connectivity index (χ2v) is 7.25. The van der Waals surface area contributed by atoms with Gasteiger partial charge in [0.05, 0.1) is 0 Å². The topological polar surface area (TPSA) is 29.1 Å². The molecule has 0 aliphatic heterocycles. The molecule has 2 aromatic rings. The number of carbonyl (C=O) groups excluding carboxylic acids is 1. The summed E-state index contributed by atoms with van der Waals surface area (Å²) >= 11 is 1.82. The van der Waals surface area contributed by atoms with Crippen LogP contribution in [0.1, 0.15) is 30.7 Å². The molecule has 1 fully saturated rings. The molecule has 0 saturated heterocycles. The summed E-state index contributed by atoms with van der Waals surface area (Å²) in [6.07, 6.45) is 2.76. The second kappa shape index (κ2) is 8.21. The Hall–Kier alpha value is -1.74. The van der Waals surface area contributed by atoms with Crippen LogP contribution in [0.25, 0.3) is 0 Å². The minimum absolute atomic E-state index is 0.192. The average molecular weight is 325 g/mol. The van der Waals surface area contributed by atoms with Gasteiger partial charge in [0.25, 0.3) is 0 Å². The molecular formula is C20H23NOS. The van der Waals surface area contributed by atoms with E-state index >= 15 is 0 Å². The highest BCUT2D eigenvalue weighted by molar-refractivity contribution is 7.99. The quantitative estimate of drug-likeness (QED) is 0.573. The van der Waals surface area contributed by atoms with Gasteiger partial charge in [-0.05, 0) is 48.1 Å². The number of nitrogens with one attached hydrogen (secondary N) is 1. The highest BCUT2D eigenvalue weighted by Crippen LogP contribution is 2.46. The predicted octanol–water partition coefficient (Wildman–Crippen LogP) is 4.48. The van der Waals surface area contributed by atoms with Crippen LogP contribution >= 0.6 is 11.8 Å². The fourth-order valence-corrected chi connectivity index (χ4v) is 3.73. The Morgan fingerprint density at radius 1 is 1.04 bits per heavy atom. The molecule has 0 spiro atoms. The molecule has 120 valence electrons. The van der Waals surface area contributed by atoms with Gasteiger partial charge in [-0.3, -0.25) is 4.79 Å². The largest absolute Gasteiger partial charge is 0.356 e. The number of carbonyl (C=O) groups is 1. The first-order chi connectivity index (χ1) is 11.3. The zero-order valence-corrected chi connectivity index (χ0v) is 14.1. The molecule has 0 bridgehead atoms. The monoisotopic (exact) mass is 325 g/mol. The van der Waals surface area contributed by atoms with E-state index < -0.39 is 0 Å². The van der Waals surface area contributed by atoms with Crippen molar-refractivity contribution in [2.45, 2.75) is 30.1 Å². The van der Waals surface area contributed by atoms with Gasteiger partial charge in [0, 0.05) is 17.9 Å². The summed E-state index contributed by atoms with van der Waals surface area (Å²) in [6.45, 7) is 0.824. The molecule has 2 aromatic carbocycles. The molecule has 0 radical (unpaired) electrons. The van der Waals surface area contributed by atoms with Crippen LogP contribution in [-0.2, 0) is 4.79 Å². The van der Waals surface area contributed by atoms with E-state index in [1.165, 1.54) is 16.9 Å². The highest BCUT2D eigenvalue weighted by atomic mass is 32.2. The number of hydrogen-bond acceptors (Lipinski definition) is 2. The first kappa shape index (κ1) is 16.1. The lowest BCUT2D eigenvalue weighted by atomic mass is 10.1. The maximum Gasteiger partial charge on any atom is 0.220 e. The third-order valence-corrected chi connectivity index (χ3v) is 5.37. The molecule has 1 aliphatic carbocycles. The van der Waals surface area contributed by atoms with Gasteiger partial charge in [-0.1, -0.05) is 48.5 Å². The molecule has 1 saturated carbocycles. The average Bonchev–Trinajstić information content (AvgIpc) is 3.38. The maximum absolute atomic E-state index is 11.9. The molecule has 23 heavy (non-hydrogen) atoms. The van der Waals surface area contributed by atoms with Crippen molar-refractivity contribution in [3.05, 3.63) is 66.2 Å². The van der Waals surface area contributed by atoms with E-state index in [1.54, 1.807) is 0 Å². The fourth-order valence-electron chi connectivity index (χ4n) is 2.85. The van der Waals surface area contributed by atoms with Crippen LogP contribution < -0.4 is 5.32 Å². The summed E-state index contributed by atoms with van der Waals surface area (Å²) in [5.74, 6) is 2.45. The number of rotatable bonds is 8. The van der Waals surface area contributed by atoms with Crippen molar-refractivity contribution in [2.75, 3.05) is 12.3 Å². The van der Waals surface area contributed by atoms with Gasteiger partial charge in [0.2, 0.25) is 5.91 Å². The van der Waals surface area contributed by atoms with E-state index in [4.69, 9.17) is 0 Å². The molecule has 0 aromatic heterocycles. The Kier molecular flexibility index (Phi) is 5.76. The minimum Gasteiger partial charge on any atom is -0.356 e. The van der Waals surface area contributed by atoms with E-state index in [1.807, 2.05) is 30.0 Å².